The first-order valence-corrected chi connectivity index (χ1v) is 7.57. The molecule has 104 valence electrons. The monoisotopic (exact) mass is 253 g/mol. The number of hydrogen-bond acceptors (Lipinski definition) is 3. The molecule has 2 fully saturated rings. The Kier molecular flexibility index (Phi) is 5.94. The van der Waals surface area contributed by atoms with E-state index in [-0.39, 0.29) is 11.8 Å². The first-order chi connectivity index (χ1) is 8.86. The van der Waals surface area contributed by atoms with Gasteiger partial charge in [0.25, 0.3) is 0 Å². The van der Waals surface area contributed by atoms with E-state index in [2.05, 4.69) is 15.5 Å². The Morgan fingerprint density at radius 1 is 1.17 bits per heavy atom. The normalized spacial score (nSPS) is 26.6. The van der Waals surface area contributed by atoms with Crippen molar-refractivity contribution in [2.75, 3.05) is 39.3 Å². The number of amides is 1. The predicted molar refractivity (Wildman–Crippen MR) is 73.5 cm³/mol. The third-order valence-electron chi connectivity index (χ3n) is 4.09. The van der Waals surface area contributed by atoms with Crippen LogP contribution in [0.1, 0.15) is 38.5 Å². The Morgan fingerprint density at radius 3 is 2.61 bits per heavy atom. The largest absolute Gasteiger partial charge is 0.355 e. The summed E-state index contributed by atoms with van der Waals surface area (Å²) in [5.41, 5.74) is 0. The molecule has 0 aromatic rings. The molecule has 4 nitrogen and oxygen atoms in total. The van der Waals surface area contributed by atoms with E-state index in [1.165, 1.54) is 38.8 Å². The smallest absolute Gasteiger partial charge is 0.224 e. The molecule has 0 spiro atoms. The summed E-state index contributed by atoms with van der Waals surface area (Å²) in [7, 11) is 0. The van der Waals surface area contributed by atoms with E-state index in [1.54, 1.807) is 0 Å². The van der Waals surface area contributed by atoms with Crippen LogP contribution in [0.3, 0.4) is 0 Å². The van der Waals surface area contributed by atoms with Gasteiger partial charge in [-0.25, -0.2) is 0 Å². The number of nitrogens with zero attached hydrogens (tertiary/aromatic N) is 1. The molecule has 4 heteroatoms. The van der Waals surface area contributed by atoms with Crippen LogP contribution < -0.4 is 10.6 Å². The molecule has 1 amide bonds. The maximum absolute atomic E-state index is 11.9. The number of nitrogens with one attached hydrogen (secondary N) is 2. The highest BCUT2D eigenvalue weighted by Gasteiger charge is 2.20. The first-order valence-electron chi connectivity index (χ1n) is 7.57. The molecule has 2 saturated heterocycles. The van der Waals surface area contributed by atoms with Gasteiger partial charge in [0.2, 0.25) is 5.91 Å². The molecule has 0 unspecified atom stereocenters. The van der Waals surface area contributed by atoms with Gasteiger partial charge >= 0.3 is 0 Å². The van der Waals surface area contributed by atoms with Gasteiger partial charge in [0.15, 0.2) is 0 Å². The minimum absolute atomic E-state index is 0.197. The van der Waals surface area contributed by atoms with E-state index in [4.69, 9.17) is 0 Å². The average Bonchev–Trinajstić information content (AvgIpc) is 2.68. The minimum Gasteiger partial charge on any atom is -0.355 e. The molecule has 0 saturated carbocycles. The van der Waals surface area contributed by atoms with Crippen molar-refractivity contribution in [1.82, 2.24) is 15.5 Å². The Morgan fingerprint density at radius 2 is 1.94 bits per heavy atom. The molecule has 0 radical (unpaired) electrons. The van der Waals surface area contributed by atoms with Crippen LogP contribution in [0.5, 0.6) is 0 Å². The molecule has 0 aromatic carbocycles. The summed E-state index contributed by atoms with van der Waals surface area (Å²) >= 11 is 0. The number of hydrogen-bond donors (Lipinski definition) is 2. The molecular formula is C14H27N3O. The van der Waals surface area contributed by atoms with Crippen molar-refractivity contribution in [3.05, 3.63) is 0 Å². The van der Waals surface area contributed by atoms with Gasteiger partial charge in [-0.3, -0.25) is 4.79 Å². The Bertz CT molecular complexity index is 243. The second kappa shape index (κ2) is 7.74. The van der Waals surface area contributed by atoms with Crippen molar-refractivity contribution in [2.24, 2.45) is 5.92 Å². The van der Waals surface area contributed by atoms with E-state index in [9.17, 15) is 4.79 Å². The number of likely N-dealkylation sites (tertiary alicyclic amines) is 1. The van der Waals surface area contributed by atoms with Gasteiger partial charge in [-0.15, -0.1) is 0 Å². The highest BCUT2D eigenvalue weighted by molar-refractivity contribution is 5.78. The molecule has 2 N–H and O–H groups in total. The van der Waals surface area contributed by atoms with E-state index in [0.29, 0.717) is 0 Å². The van der Waals surface area contributed by atoms with Crippen molar-refractivity contribution in [1.29, 1.82) is 0 Å². The summed E-state index contributed by atoms with van der Waals surface area (Å²) in [4.78, 5) is 14.4. The average molecular weight is 253 g/mol. The molecule has 18 heavy (non-hydrogen) atoms. The molecule has 1 atom stereocenters. The summed E-state index contributed by atoms with van der Waals surface area (Å²) in [5, 5.41) is 6.39. The van der Waals surface area contributed by atoms with Crippen molar-refractivity contribution >= 4 is 5.91 Å². The highest BCUT2D eigenvalue weighted by atomic mass is 16.1. The lowest BCUT2D eigenvalue weighted by atomic mass is 9.99. The van der Waals surface area contributed by atoms with Crippen molar-refractivity contribution < 1.29 is 4.79 Å². The summed E-state index contributed by atoms with van der Waals surface area (Å²) in [6, 6.07) is 0. The number of rotatable bonds is 4. The molecule has 2 aliphatic heterocycles. The van der Waals surface area contributed by atoms with Gasteiger partial charge in [-0.05, 0) is 45.3 Å². The van der Waals surface area contributed by atoms with Crippen molar-refractivity contribution in [3.8, 4) is 0 Å². The molecule has 2 heterocycles. The molecular weight excluding hydrogens is 226 g/mol. The maximum atomic E-state index is 11.9. The third kappa shape index (κ3) is 4.58. The van der Waals surface area contributed by atoms with Crippen LogP contribution in [-0.4, -0.2) is 50.1 Å². The van der Waals surface area contributed by atoms with Gasteiger partial charge in [0, 0.05) is 19.6 Å². The van der Waals surface area contributed by atoms with Crippen LogP contribution in [0.15, 0.2) is 0 Å². The number of piperidine rings is 1. The number of carbonyl (C=O) groups excluding carboxylic acids is 1. The molecule has 0 aliphatic carbocycles. The maximum Gasteiger partial charge on any atom is 0.224 e. The third-order valence-corrected chi connectivity index (χ3v) is 4.09. The van der Waals surface area contributed by atoms with E-state index >= 15 is 0 Å². The fourth-order valence-corrected chi connectivity index (χ4v) is 2.92. The van der Waals surface area contributed by atoms with Gasteiger partial charge in [0.05, 0.1) is 5.92 Å². The molecule has 2 rings (SSSR count). The quantitative estimate of drug-likeness (QED) is 0.785. The Balaban J connectivity index is 1.60. The lowest BCUT2D eigenvalue weighted by molar-refractivity contribution is -0.125. The summed E-state index contributed by atoms with van der Waals surface area (Å²) in [6.07, 6.45) is 7.56. The molecule has 0 aromatic heterocycles. The van der Waals surface area contributed by atoms with Crippen LogP contribution in [0.4, 0.5) is 0 Å². The fraction of sp³-hybridized carbons (Fsp3) is 0.929. The van der Waals surface area contributed by atoms with Crippen LogP contribution in [-0.2, 0) is 4.79 Å². The van der Waals surface area contributed by atoms with Crippen LogP contribution in [0, 0.1) is 5.92 Å². The summed E-state index contributed by atoms with van der Waals surface area (Å²) in [5.74, 6) is 0.444. The fourth-order valence-electron chi connectivity index (χ4n) is 2.92. The second-order valence-electron chi connectivity index (χ2n) is 5.59. The van der Waals surface area contributed by atoms with E-state index < -0.39 is 0 Å². The SMILES string of the molecule is O=C(NCCN1CCCCCC1)[C@H]1CCCNC1. The lowest BCUT2D eigenvalue weighted by Gasteiger charge is -2.23. The highest BCUT2D eigenvalue weighted by Crippen LogP contribution is 2.10. The van der Waals surface area contributed by atoms with Gasteiger partial charge in [-0.1, -0.05) is 12.8 Å². The zero-order chi connectivity index (χ0) is 12.6. The van der Waals surface area contributed by atoms with Crippen LogP contribution in [0.25, 0.3) is 0 Å². The molecule has 2 aliphatic rings. The van der Waals surface area contributed by atoms with Gasteiger partial charge in [0.1, 0.15) is 0 Å². The van der Waals surface area contributed by atoms with Crippen molar-refractivity contribution in [2.45, 2.75) is 38.5 Å². The first kappa shape index (κ1) is 13.8. The van der Waals surface area contributed by atoms with E-state index in [1.807, 2.05) is 0 Å². The summed E-state index contributed by atoms with van der Waals surface area (Å²) in [6.45, 7) is 6.18. The van der Waals surface area contributed by atoms with Crippen LogP contribution in [0.2, 0.25) is 0 Å². The predicted octanol–water partition coefficient (Wildman–Crippen LogP) is 0.978. The Labute approximate surface area is 110 Å². The van der Waals surface area contributed by atoms with Gasteiger partial charge in [-0.2, -0.15) is 0 Å². The van der Waals surface area contributed by atoms with E-state index in [0.717, 1.165) is 39.0 Å². The zero-order valence-corrected chi connectivity index (χ0v) is 11.4. The summed E-state index contributed by atoms with van der Waals surface area (Å²) < 4.78 is 0. The standard InChI is InChI=1S/C14H27N3O/c18-14(13-6-5-7-15-12-13)16-8-11-17-9-3-1-2-4-10-17/h13,15H,1-12H2,(H,16,18)/t13-/m0/s1. The van der Waals surface area contributed by atoms with Crippen LogP contribution >= 0.6 is 0 Å². The lowest BCUT2D eigenvalue weighted by Crippen LogP contribution is -2.43. The molecule has 0 bridgehead atoms. The van der Waals surface area contributed by atoms with Crippen molar-refractivity contribution in [3.63, 3.8) is 0 Å². The van der Waals surface area contributed by atoms with Gasteiger partial charge < -0.3 is 15.5 Å². The zero-order valence-electron chi connectivity index (χ0n) is 11.4. The Hall–Kier alpha value is -0.610. The topological polar surface area (TPSA) is 44.4 Å². The number of carbonyl (C=O) groups is 1. The second-order valence-corrected chi connectivity index (χ2v) is 5.59. The minimum atomic E-state index is 0.197.